The molecule has 0 bridgehead atoms. The lowest BCUT2D eigenvalue weighted by Gasteiger charge is -2.49. The number of carboxylic acids is 1. The molecular formula is C31H28ClFN2O8. The number of likely N-dealkylation sites (tertiary alicyclic amines) is 1. The molecule has 2 aromatic carbocycles. The highest BCUT2D eigenvalue weighted by atomic mass is 35.5. The van der Waals surface area contributed by atoms with E-state index in [-0.39, 0.29) is 35.8 Å². The molecule has 12 heteroatoms. The number of nitrogens with zero attached hydrogens (tertiary/aromatic N) is 2. The summed E-state index contributed by atoms with van der Waals surface area (Å²) in [6, 6.07) is 8.13. The summed E-state index contributed by atoms with van der Waals surface area (Å²) in [5.74, 6) is -7.83. The van der Waals surface area contributed by atoms with E-state index in [1.54, 1.807) is 19.1 Å². The molecule has 6 rings (SSSR count). The topological polar surface area (TPSA) is 142 Å². The van der Waals surface area contributed by atoms with Crippen molar-refractivity contribution in [1.82, 2.24) is 4.90 Å². The van der Waals surface area contributed by atoms with Gasteiger partial charge in [-0.3, -0.25) is 28.9 Å². The number of anilines is 1. The first-order chi connectivity index (χ1) is 20.4. The van der Waals surface area contributed by atoms with Crippen molar-refractivity contribution in [3.8, 4) is 11.5 Å². The third-order valence-electron chi connectivity index (χ3n) is 9.62. The van der Waals surface area contributed by atoms with Gasteiger partial charge in [-0.1, -0.05) is 23.3 Å². The van der Waals surface area contributed by atoms with E-state index in [4.69, 9.17) is 21.4 Å². The molecule has 0 spiro atoms. The first kappa shape index (κ1) is 28.9. The maximum absolute atomic E-state index is 14.4. The second-order valence-electron chi connectivity index (χ2n) is 11.7. The Morgan fingerprint density at radius 2 is 1.84 bits per heavy atom. The molecule has 10 nitrogen and oxygen atoms in total. The Hall–Kier alpha value is -4.25. The van der Waals surface area contributed by atoms with Crippen LogP contribution in [0.5, 0.6) is 11.5 Å². The van der Waals surface area contributed by atoms with E-state index in [0.29, 0.717) is 16.9 Å². The van der Waals surface area contributed by atoms with Gasteiger partial charge in [0.05, 0.1) is 47.4 Å². The van der Waals surface area contributed by atoms with Gasteiger partial charge < -0.3 is 14.9 Å². The van der Waals surface area contributed by atoms with Gasteiger partial charge in [-0.15, -0.1) is 0 Å². The number of fused-ring (bicyclic) bond motifs is 4. The molecule has 6 atom stereocenters. The Morgan fingerprint density at radius 3 is 2.51 bits per heavy atom. The van der Waals surface area contributed by atoms with Gasteiger partial charge in [0, 0.05) is 18.0 Å². The number of aromatic hydroxyl groups is 1. The van der Waals surface area contributed by atoms with Crippen LogP contribution in [0.3, 0.4) is 0 Å². The number of rotatable bonds is 6. The van der Waals surface area contributed by atoms with Crippen LogP contribution in [0.4, 0.5) is 10.1 Å². The molecule has 2 aromatic rings. The minimum absolute atomic E-state index is 0.0620. The largest absolute Gasteiger partial charge is 0.508 e. The van der Waals surface area contributed by atoms with E-state index in [9.17, 15) is 33.5 Å². The Morgan fingerprint density at radius 1 is 1.09 bits per heavy atom. The van der Waals surface area contributed by atoms with Gasteiger partial charge in [-0.25, -0.2) is 9.29 Å². The Labute approximate surface area is 250 Å². The molecular weight excluding hydrogens is 583 g/mol. The lowest BCUT2D eigenvalue weighted by Crippen LogP contribution is -2.49. The number of imide groups is 2. The van der Waals surface area contributed by atoms with E-state index in [1.165, 1.54) is 25.3 Å². The fourth-order valence-electron chi connectivity index (χ4n) is 7.61. The van der Waals surface area contributed by atoms with Crippen molar-refractivity contribution < 1.29 is 43.3 Å². The summed E-state index contributed by atoms with van der Waals surface area (Å²) in [6.45, 7) is 1.39. The number of benzene rings is 2. The van der Waals surface area contributed by atoms with Gasteiger partial charge in [0.2, 0.25) is 23.6 Å². The number of ether oxygens (including phenoxy) is 1. The van der Waals surface area contributed by atoms with Crippen LogP contribution in [-0.2, 0) is 24.0 Å². The number of hydrogen-bond donors (Lipinski definition) is 2. The van der Waals surface area contributed by atoms with Crippen LogP contribution in [-0.4, -0.2) is 58.4 Å². The number of hydrogen-bond acceptors (Lipinski definition) is 7. The maximum atomic E-state index is 14.4. The molecule has 4 amide bonds. The van der Waals surface area contributed by atoms with Crippen LogP contribution in [0.2, 0.25) is 5.02 Å². The number of carbonyl (C=O) groups is 5. The zero-order valence-electron chi connectivity index (χ0n) is 23.3. The van der Waals surface area contributed by atoms with Crippen LogP contribution in [0.25, 0.3) is 0 Å². The zero-order valence-corrected chi connectivity index (χ0v) is 24.0. The van der Waals surface area contributed by atoms with Gasteiger partial charge in [-0.2, -0.15) is 0 Å². The van der Waals surface area contributed by atoms with Crippen molar-refractivity contribution in [2.45, 2.75) is 32.1 Å². The van der Waals surface area contributed by atoms with Gasteiger partial charge in [-0.05, 0) is 62.1 Å². The average Bonchev–Trinajstić information content (AvgIpc) is 3.33. The SMILES string of the molecule is COc1ccc(O)c([C@H]2C3=CC[C@@H]4C(=O)N(CCC(=O)O)C(=O)[C@@H]4[C@@H]3C[C@H]3C(=O)N(c4ccc(F)c(Cl)c4)C(=O)[C@@]23C)c1. The molecule has 2 aliphatic heterocycles. The molecule has 43 heavy (non-hydrogen) atoms. The third kappa shape index (κ3) is 4.16. The highest BCUT2D eigenvalue weighted by molar-refractivity contribution is 6.31. The fourth-order valence-corrected chi connectivity index (χ4v) is 7.79. The number of methoxy groups -OCH3 is 1. The molecule has 4 aliphatic rings. The van der Waals surface area contributed by atoms with Crippen molar-refractivity contribution >= 4 is 46.9 Å². The van der Waals surface area contributed by atoms with E-state index in [0.717, 1.165) is 15.9 Å². The van der Waals surface area contributed by atoms with Crippen molar-refractivity contribution in [1.29, 1.82) is 0 Å². The van der Waals surface area contributed by atoms with Gasteiger partial charge >= 0.3 is 5.97 Å². The Balaban J connectivity index is 1.50. The summed E-state index contributed by atoms with van der Waals surface area (Å²) in [7, 11) is 1.45. The lowest BCUT2D eigenvalue weighted by molar-refractivity contribution is -0.142. The second-order valence-corrected chi connectivity index (χ2v) is 12.1. The molecule has 2 heterocycles. The monoisotopic (exact) mass is 610 g/mol. The van der Waals surface area contributed by atoms with Crippen molar-refractivity contribution in [2.24, 2.45) is 29.1 Å². The van der Waals surface area contributed by atoms with Gasteiger partial charge in [0.1, 0.15) is 17.3 Å². The lowest BCUT2D eigenvalue weighted by atomic mass is 9.51. The van der Waals surface area contributed by atoms with E-state index >= 15 is 0 Å². The van der Waals surface area contributed by atoms with Crippen LogP contribution < -0.4 is 9.64 Å². The predicted molar refractivity (Wildman–Crippen MR) is 150 cm³/mol. The normalized spacial score (nSPS) is 29.8. The Bertz CT molecular complexity index is 1640. The number of amides is 4. The summed E-state index contributed by atoms with van der Waals surface area (Å²) >= 11 is 6.01. The molecule has 3 fully saturated rings. The predicted octanol–water partition coefficient (Wildman–Crippen LogP) is 3.90. The number of halogens is 2. The summed E-state index contributed by atoms with van der Waals surface area (Å²) in [4.78, 5) is 68.7. The highest BCUT2D eigenvalue weighted by Crippen LogP contribution is 2.64. The quantitative estimate of drug-likeness (QED) is 0.371. The van der Waals surface area contributed by atoms with Crippen molar-refractivity contribution in [2.75, 3.05) is 18.6 Å². The summed E-state index contributed by atoms with van der Waals surface area (Å²) in [6.07, 6.45) is 1.65. The van der Waals surface area contributed by atoms with E-state index in [2.05, 4.69) is 0 Å². The van der Waals surface area contributed by atoms with Crippen molar-refractivity contribution in [3.05, 3.63) is 64.5 Å². The summed E-state index contributed by atoms with van der Waals surface area (Å²) in [5, 5.41) is 20.0. The first-order valence-electron chi connectivity index (χ1n) is 13.9. The number of allylic oxidation sites excluding steroid dienone is 2. The highest BCUT2D eigenvalue weighted by Gasteiger charge is 2.68. The molecule has 0 aromatic heterocycles. The molecule has 0 radical (unpaired) electrons. The van der Waals surface area contributed by atoms with E-state index < -0.39 is 76.8 Å². The number of carbonyl (C=O) groups excluding carboxylic acids is 4. The minimum atomic E-state index is -1.44. The number of phenolic OH excluding ortho intramolecular Hbond substituents is 1. The summed E-state index contributed by atoms with van der Waals surface area (Å²) in [5.41, 5.74) is -0.385. The van der Waals surface area contributed by atoms with Gasteiger partial charge in [0.15, 0.2) is 0 Å². The smallest absolute Gasteiger partial charge is 0.305 e. The fraction of sp³-hybridized carbons (Fsp3) is 0.387. The van der Waals surface area contributed by atoms with Crippen molar-refractivity contribution in [3.63, 3.8) is 0 Å². The molecule has 2 aliphatic carbocycles. The maximum Gasteiger partial charge on any atom is 0.305 e. The molecule has 0 unspecified atom stereocenters. The number of aliphatic carboxylic acids is 1. The number of carboxylic acid groups (broad SMARTS) is 1. The molecule has 2 saturated heterocycles. The van der Waals surface area contributed by atoms with E-state index in [1.807, 2.05) is 6.08 Å². The van der Waals surface area contributed by atoms with Crippen LogP contribution in [0.15, 0.2) is 48.0 Å². The van der Waals surface area contributed by atoms with Crippen LogP contribution in [0.1, 0.15) is 37.7 Å². The van der Waals surface area contributed by atoms with Crippen LogP contribution >= 0.6 is 11.6 Å². The Kier molecular flexibility index (Phi) is 6.83. The molecule has 2 N–H and O–H groups in total. The first-order valence-corrected chi connectivity index (χ1v) is 14.2. The van der Waals surface area contributed by atoms with Crippen LogP contribution in [0, 0.1) is 34.9 Å². The average molecular weight is 611 g/mol. The standard InChI is InChI=1S/C31H28ClFN2O8/c1-31-20(28(40)35(30(31)42)14-3-7-22(33)21(32)11-14)13-18-16(26(31)19-12-15(43-2)4-8-23(19)36)5-6-17-25(18)29(41)34(27(17)39)10-9-24(37)38/h3-5,7-8,11-12,17-18,20,25-26,36H,6,9-10,13H2,1-2H3,(H,37,38)/t17-,18+,20-,25-,26+,31+/m0/s1. The number of phenols is 1. The zero-order chi connectivity index (χ0) is 31.0. The molecule has 224 valence electrons. The molecule has 1 saturated carbocycles. The van der Waals surface area contributed by atoms with Gasteiger partial charge in [0.25, 0.3) is 0 Å². The summed E-state index contributed by atoms with van der Waals surface area (Å²) < 4.78 is 19.4. The minimum Gasteiger partial charge on any atom is -0.508 e. The third-order valence-corrected chi connectivity index (χ3v) is 9.91. The second kappa shape index (κ2) is 10.2.